The molecule has 0 unspecified atom stereocenters. The molecule has 1 saturated heterocycles. The first-order valence-corrected chi connectivity index (χ1v) is 10.3. The molecule has 0 atom stereocenters. The zero-order valence-corrected chi connectivity index (χ0v) is 17.7. The molecule has 0 aliphatic carbocycles. The summed E-state index contributed by atoms with van der Waals surface area (Å²) in [6.07, 6.45) is 14.6. The van der Waals surface area contributed by atoms with Gasteiger partial charge in [0.2, 0.25) is 0 Å². The van der Waals surface area contributed by atoms with E-state index in [4.69, 9.17) is 0 Å². The summed E-state index contributed by atoms with van der Waals surface area (Å²) in [6, 6.07) is 8.69. The monoisotopic (exact) mass is 364 g/mol. The van der Waals surface area contributed by atoms with Crippen molar-refractivity contribution in [2.24, 2.45) is 10.4 Å². The molecule has 0 radical (unpaired) electrons. The fraction of sp³-hybridized carbons (Fsp3) is 0.480. The Bertz CT molecular complexity index is 701. The lowest BCUT2D eigenvalue weighted by Gasteiger charge is -2.41. The molecule has 0 amide bonds. The molecule has 1 aromatic carbocycles. The number of aliphatic imine (C=N–C) groups is 1. The summed E-state index contributed by atoms with van der Waals surface area (Å²) in [5.41, 5.74) is 4.35. The van der Waals surface area contributed by atoms with Gasteiger partial charge in [-0.2, -0.15) is 0 Å². The van der Waals surface area contributed by atoms with Crippen LogP contribution in [0.5, 0.6) is 0 Å². The van der Waals surface area contributed by atoms with E-state index in [0.29, 0.717) is 5.41 Å². The second-order valence-corrected chi connectivity index (χ2v) is 7.97. The third kappa shape index (κ3) is 6.53. The van der Waals surface area contributed by atoms with Crippen molar-refractivity contribution in [2.75, 3.05) is 13.1 Å². The molecule has 27 heavy (non-hydrogen) atoms. The van der Waals surface area contributed by atoms with Crippen LogP contribution in [0.2, 0.25) is 0 Å². The second kappa shape index (κ2) is 10.3. The molecule has 0 aromatic heterocycles. The Balaban J connectivity index is 1.88. The van der Waals surface area contributed by atoms with Gasteiger partial charge in [-0.1, -0.05) is 67.5 Å². The number of aryl methyl sites for hydroxylation is 1. The van der Waals surface area contributed by atoms with Crippen LogP contribution in [-0.2, 0) is 6.42 Å². The minimum Gasteiger partial charge on any atom is -0.357 e. The molecule has 1 heterocycles. The summed E-state index contributed by atoms with van der Waals surface area (Å²) in [5, 5.41) is 0. The predicted molar refractivity (Wildman–Crippen MR) is 119 cm³/mol. The first-order chi connectivity index (χ1) is 13.0. The van der Waals surface area contributed by atoms with Gasteiger partial charge in [0, 0.05) is 19.3 Å². The molecule has 0 saturated carbocycles. The van der Waals surface area contributed by atoms with Gasteiger partial charge in [-0.25, -0.2) is 4.99 Å². The van der Waals surface area contributed by atoms with Crippen LogP contribution < -0.4 is 0 Å². The number of likely N-dealkylation sites (tertiary alicyclic amines) is 1. The zero-order chi connectivity index (χ0) is 19.7. The molecule has 1 aromatic rings. The minimum absolute atomic E-state index is 0.383. The molecule has 1 aliphatic rings. The molecular weight excluding hydrogens is 328 g/mol. The van der Waals surface area contributed by atoms with Gasteiger partial charge in [0.25, 0.3) is 0 Å². The van der Waals surface area contributed by atoms with E-state index in [-0.39, 0.29) is 0 Å². The quantitative estimate of drug-likeness (QED) is 0.380. The molecule has 0 bridgehead atoms. The number of hydrogen-bond acceptors (Lipinski definition) is 2. The van der Waals surface area contributed by atoms with Crippen LogP contribution >= 0.6 is 0 Å². The van der Waals surface area contributed by atoms with E-state index in [2.05, 4.69) is 86.7 Å². The van der Waals surface area contributed by atoms with E-state index in [1.807, 2.05) is 6.21 Å². The van der Waals surface area contributed by atoms with Gasteiger partial charge in [-0.05, 0) is 63.5 Å². The van der Waals surface area contributed by atoms with Crippen molar-refractivity contribution in [3.8, 4) is 0 Å². The van der Waals surface area contributed by atoms with Crippen molar-refractivity contribution in [3.05, 3.63) is 71.6 Å². The maximum atomic E-state index is 4.60. The molecule has 1 aliphatic heterocycles. The lowest BCUT2D eigenvalue weighted by atomic mass is 9.74. The average Bonchev–Trinajstić information content (AvgIpc) is 2.62. The second-order valence-electron chi connectivity index (χ2n) is 7.97. The average molecular weight is 365 g/mol. The summed E-state index contributed by atoms with van der Waals surface area (Å²) in [5.74, 6) is 0.889. The van der Waals surface area contributed by atoms with Gasteiger partial charge < -0.3 is 4.90 Å². The lowest BCUT2D eigenvalue weighted by molar-refractivity contribution is 0.159. The standard InChI is InChI=1S/C25H36N2/c1-6-12-25(13-7-2)14-17-27(18-15-25)23(5)26-16-11-22(4)20-24-10-8-9-21(3)19-24/h6,8-12,16,19H,5,7,13-15,17-18,20H2,1-4H3/b12-6+,22-11+,26-16?. The lowest BCUT2D eigenvalue weighted by Crippen LogP contribution is -2.38. The van der Waals surface area contributed by atoms with Crippen LogP contribution in [0.1, 0.15) is 57.6 Å². The van der Waals surface area contributed by atoms with Crippen molar-refractivity contribution in [3.63, 3.8) is 0 Å². The van der Waals surface area contributed by atoms with Crippen LogP contribution in [0.15, 0.2) is 65.5 Å². The summed E-state index contributed by atoms with van der Waals surface area (Å²) in [4.78, 5) is 6.93. The topological polar surface area (TPSA) is 15.6 Å². The van der Waals surface area contributed by atoms with Crippen LogP contribution in [0.25, 0.3) is 0 Å². The summed E-state index contributed by atoms with van der Waals surface area (Å²) in [6.45, 7) is 15.0. The highest BCUT2D eigenvalue weighted by Crippen LogP contribution is 2.38. The first kappa shape index (κ1) is 21.2. The van der Waals surface area contributed by atoms with E-state index in [1.165, 1.54) is 42.4 Å². The zero-order valence-electron chi connectivity index (χ0n) is 17.7. The highest BCUT2D eigenvalue weighted by Gasteiger charge is 2.31. The van der Waals surface area contributed by atoms with Crippen molar-refractivity contribution in [2.45, 2.75) is 59.8 Å². The molecule has 0 spiro atoms. The van der Waals surface area contributed by atoms with Gasteiger partial charge in [0.15, 0.2) is 0 Å². The van der Waals surface area contributed by atoms with E-state index in [0.717, 1.165) is 25.3 Å². The normalized spacial score (nSPS) is 17.8. The largest absolute Gasteiger partial charge is 0.357 e. The highest BCUT2D eigenvalue weighted by molar-refractivity contribution is 5.73. The highest BCUT2D eigenvalue weighted by atomic mass is 15.2. The van der Waals surface area contributed by atoms with Crippen molar-refractivity contribution in [1.82, 2.24) is 4.90 Å². The summed E-state index contributed by atoms with van der Waals surface area (Å²) >= 11 is 0. The minimum atomic E-state index is 0.383. The Morgan fingerprint density at radius 3 is 2.67 bits per heavy atom. The number of benzene rings is 1. The first-order valence-electron chi connectivity index (χ1n) is 10.3. The Hall–Kier alpha value is -2.09. The molecule has 0 N–H and O–H groups in total. The Morgan fingerprint density at radius 1 is 1.30 bits per heavy atom. The number of rotatable bonds is 8. The van der Waals surface area contributed by atoms with E-state index >= 15 is 0 Å². The van der Waals surface area contributed by atoms with Gasteiger partial charge in [-0.15, -0.1) is 0 Å². The molecule has 2 rings (SSSR count). The van der Waals surface area contributed by atoms with Crippen LogP contribution in [0, 0.1) is 12.3 Å². The SMILES string of the molecule is C=C(N=C/C=C(\C)Cc1cccc(C)c1)N1CCC(/C=C/C)(CCC)CC1. The Labute approximate surface area is 166 Å². The van der Waals surface area contributed by atoms with E-state index < -0.39 is 0 Å². The third-order valence-electron chi connectivity index (χ3n) is 5.54. The van der Waals surface area contributed by atoms with Crippen molar-refractivity contribution < 1.29 is 0 Å². The summed E-state index contributed by atoms with van der Waals surface area (Å²) < 4.78 is 0. The Kier molecular flexibility index (Phi) is 8.09. The number of hydrogen-bond donors (Lipinski definition) is 0. The summed E-state index contributed by atoms with van der Waals surface area (Å²) in [7, 11) is 0. The van der Waals surface area contributed by atoms with E-state index in [9.17, 15) is 0 Å². The molecule has 146 valence electrons. The van der Waals surface area contributed by atoms with Gasteiger partial charge >= 0.3 is 0 Å². The third-order valence-corrected chi connectivity index (χ3v) is 5.54. The smallest absolute Gasteiger partial charge is 0.121 e. The van der Waals surface area contributed by atoms with Gasteiger partial charge in [0.05, 0.1) is 0 Å². The van der Waals surface area contributed by atoms with Crippen molar-refractivity contribution in [1.29, 1.82) is 0 Å². The number of nitrogens with zero attached hydrogens (tertiary/aromatic N) is 2. The number of piperidine rings is 1. The number of allylic oxidation sites excluding steroid dienone is 4. The molecule has 2 heteroatoms. The molecular formula is C25H36N2. The maximum absolute atomic E-state index is 4.60. The van der Waals surface area contributed by atoms with Crippen molar-refractivity contribution >= 4 is 6.21 Å². The molecule has 2 nitrogen and oxygen atoms in total. The fourth-order valence-corrected chi connectivity index (χ4v) is 4.10. The maximum Gasteiger partial charge on any atom is 0.121 e. The van der Waals surface area contributed by atoms with Crippen LogP contribution in [0.4, 0.5) is 0 Å². The molecule has 1 fully saturated rings. The fourth-order valence-electron chi connectivity index (χ4n) is 4.10. The van der Waals surface area contributed by atoms with E-state index in [1.54, 1.807) is 0 Å². The van der Waals surface area contributed by atoms with Gasteiger partial charge in [0.1, 0.15) is 5.82 Å². The van der Waals surface area contributed by atoms with Crippen LogP contribution in [-0.4, -0.2) is 24.2 Å². The van der Waals surface area contributed by atoms with Gasteiger partial charge in [-0.3, -0.25) is 0 Å². The van der Waals surface area contributed by atoms with Crippen LogP contribution in [0.3, 0.4) is 0 Å². The predicted octanol–water partition coefficient (Wildman–Crippen LogP) is 6.48. The Morgan fingerprint density at radius 2 is 2.04 bits per heavy atom.